The lowest BCUT2D eigenvalue weighted by Crippen LogP contribution is -2.51. The van der Waals surface area contributed by atoms with Crippen LogP contribution in [-0.2, 0) is 21.2 Å². The average molecular weight is 349 g/mol. The number of hydrogen-bond donors (Lipinski definition) is 3. The quantitative estimate of drug-likeness (QED) is 0.791. The molecule has 1 heterocycles. The number of rotatable bonds is 3. The molecular weight excluding hydrogens is 333 g/mol. The summed E-state index contributed by atoms with van der Waals surface area (Å²) in [5.41, 5.74) is 1.72. The van der Waals surface area contributed by atoms with Crippen molar-refractivity contribution in [2.24, 2.45) is 0 Å². The molecule has 1 atom stereocenters. The third kappa shape index (κ3) is 3.24. The Kier molecular flexibility index (Phi) is 4.25. The Labute approximate surface area is 139 Å². The van der Waals surface area contributed by atoms with E-state index in [9.17, 15) is 17.6 Å². The van der Waals surface area contributed by atoms with Gasteiger partial charge in [0, 0.05) is 5.69 Å². The van der Waals surface area contributed by atoms with Crippen molar-refractivity contribution in [3.8, 4) is 0 Å². The van der Waals surface area contributed by atoms with E-state index in [-0.39, 0.29) is 10.6 Å². The van der Waals surface area contributed by atoms with Gasteiger partial charge in [0.1, 0.15) is 10.7 Å². The zero-order chi connectivity index (χ0) is 17.3. The number of hydrogen-bond acceptors (Lipinski definition) is 4. The van der Waals surface area contributed by atoms with Crippen molar-refractivity contribution in [3.63, 3.8) is 0 Å². The van der Waals surface area contributed by atoms with Crippen LogP contribution in [0.3, 0.4) is 0 Å². The van der Waals surface area contributed by atoms with Gasteiger partial charge in [0.05, 0.1) is 5.69 Å². The van der Waals surface area contributed by atoms with Gasteiger partial charge in [-0.15, -0.1) is 0 Å². The van der Waals surface area contributed by atoms with E-state index in [0.717, 1.165) is 30.2 Å². The molecule has 3 N–H and O–H groups in total. The van der Waals surface area contributed by atoms with Gasteiger partial charge in [0.25, 0.3) is 5.91 Å². The molecule has 2 aromatic rings. The van der Waals surface area contributed by atoms with Gasteiger partial charge in [-0.25, -0.2) is 12.8 Å². The van der Waals surface area contributed by atoms with Crippen LogP contribution in [0.1, 0.15) is 12.5 Å². The lowest BCUT2D eigenvalue weighted by atomic mass is 10.1. The molecule has 0 aliphatic carbocycles. The van der Waals surface area contributed by atoms with Gasteiger partial charge in [-0.3, -0.25) is 4.79 Å². The number of halogens is 1. The Hall–Kier alpha value is -2.45. The number of carbonyl (C=O) groups excluding carboxylic acids is 1. The summed E-state index contributed by atoms with van der Waals surface area (Å²) in [5.74, 6) is -1.18. The highest BCUT2D eigenvalue weighted by atomic mass is 32.2. The zero-order valence-electron chi connectivity index (χ0n) is 12.8. The number of aryl methyl sites for hydroxylation is 1. The molecule has 0 saturated heterocycles. The maximum absolute atomic E-state index is 13.3. The van der Waals surface area contributed by atoms with Crippen LogP contribution in [0.4, 0.5) is 15.8 Å². The largest absolute Gasteiger partial charge is 0.360 e. The summed E-state index contributed by atoms with van der Waals surface area (Å²) in [6, 6.07) is 10.5. The van der Waals surface area contributed by atoms with Crippen molar-refractivity contribution in [2.75, 3.05) is 10.6 Å². The Bertz CT molecular complexity index is 882. The van der Waals surface area contributed by atoms with Gasteiger partial charge in [-0.2, -0.15) is 4.72 Å². The van der Waals surface area contributed by atoms with E-state index in [1.54, 1.807) is 12.1 Å². The average Bonchev–Trinajstić information content (AvgIpc) is 2.54. The first-order valence-corrected chi connectivity index (χ1v) is 8.85. The summed E-state index contributed by atoms with van der Waals surface area (Å²) in [5, 5.41) is 5.32. The Morgan fingerprint density at radius 3 is 2.58 bits per heavy atom. The number of benzene rings is 2. The van der Waals surface area contributed by atoms with Gasteiger partial charge in [0.2, 0.25) is 10.0 Å². The summed E-state index contributed by atoms with van der Waals surface area (Å²) >= 11 is 0. The number of nitrogens with one attached hydrogen (secondary N) is 3. The van der Waals surface area contributed by atoms with Crippen molar-refractivity contribution in [1.29, 1.82) is 0 Å². The van der Waals surface area contributed by atoms with Crippen molar-refractivity contribution < 1.29 is 17.6 Å². The third-order valence-electron chi connectivity index (χ3n) is 3.70. The molecule has 0 aromatic heterocycles. The molecule has 2 aromatic carbocycles. The van der Waals surface area contributed by atoms with Gasteiger partial charge in [-0.05, 0) is 42.3 Å². The van der Waals surface area contributed by atoms with Crippen LogP contribution < -0.4 is 15.4 Å². The highest BCUT2D eigenvalue weighted by molar-refractivity contribution is 7.89. The number of anilines is 2. The summed E-state index contributed by atoms with van der Waals surface area (Å²) in [6.45, 7) is 2.02. The van der Waals surface area contributed by atoms with E-state index in [0.29, 0.717) is 5.69 Å². The van der Waals surface area contributed by atoms with E-state index in [4.69, 9.17) is 0 Å². The first kappa shape index (κ1) is 16.4. The second kappa shape index (κ2) is 6.21. The third-order valence-corrected chi connectivity index (χ3v) is 5.18. The summed E-state index contributed by atoms with van der Waals surface area (Å²) in [6.07, 6.45) is -0.351. The molecular formula is C16H16FN3O3S. The molecule has 1 aliphatic heterocycles. The van der Waals surface area contributed by atoms with E-state index in [2.05, 4.69) is 15.4 Å². The lowest BCUT2D eigenvalue weighted by molar-refractivity contribution is -0.117. The van der Waals surface area contributed by atoms with E-state index < -0.39 is 27.9 Å². The minimum atomic E-state index is -3.90. The molecule has 126 valence electrons. The molecule has 0 radical (unpaired) electrons. The SMILES string of the molecule is CCc1ccc(NC(=O)[C@@H]2Nc3cc(F)ccc3S(=O)(=O)N2)cc1. The zero-order valence-corrected chi connectivity index (χ0v) is 13.7. The maximum atomic E-state index is 13.3. The smallest absolute Gasteiger partial charge is 0.262 e. The second-order valence-electron chi connectivity index (χ2n) is 5.38. The topological polar surface area (TPSA) is 87.3 Å². The van der Waals surface area contributed by atoms with Crippen LogP contribution in [0.5, 0.6) is 0 Å². The van der Waals surface area contributed by atoms with E-state index in [1.165, 1.54) is 0 Å². The minimum absolute atomic E-state index is 0.0511. The van der Waals surface area contributed by atoms with Gasteiger partial charge >= 0.3 is 0 Å². The molecule has 8 heteroatoms. The van der Waals surface area contributed by atoms with Crippen LogP contribution in [0.25, 0.3) is 0 Å². The Balaban J connectivity index is 1.81. The van der Waals surface area contributed by atoms with Crippen LogP contribution in [0.2, 0.25) is 0 Å². The molecule has 0 spiro atoms. The second-order valence-corrected chi connectivity index (χ2v) is 7.06. The van der Waals surface area contributed by atoms with Gasteiger partial charge in [-0.1, -0.05) is 19.1 Å². The lowest BCUT2D eigenvalue weighted by Gasteiger charge is -2.27. The molecule has 24 heavy (non-hydrogen) atoms. The Morgan fingerprint density at radius 2 is 1.92 bits per heavy atom. The van der Waals surface area contributed by atoms with Crippen LogP contribution in [0, 0.1) is 5.82 Å². The van der Waals surface area contributed by atoms with Gasteiger partial charge in [0.15, 0.2) is 6.17 Å². The van der Waals surface area contributed by atoms with Crippen LogP contribution in [-0.4, -0.2) is 20.5 Å². The minimum Gasteiger partial charge on any atom is -0.360 e. The highest BCUT2D eigenvalue weighted by Crippen LogP contribution is 2.27. The van der Waals surface area contributed by atoms with E-state index in [1.807, 2.05) is 19.1 Å². The number of sulfonamides is 1. The fraction of sp³-hybridized carbons (Fsp3) is 0.188. The molecule has 0 unspecified atom stereocenters. The number of carbonyl (C=O) groups is 1. The molecule has 0 bridgehead atoms. The first-order chi connectivity index (χ1) is 11.4. The van der Waals surface area contributed by atoms with Crippen molar-refractivity contribution in [3.05, 3.63) is 53.8 Å². The van der Waals surface area contributed by atoms with Gasteiger partial charge < -0.3 is 10.6 Å². The monoisotopic (exact) mass is 349 g/mol. The predicted molar refractivity (Wildman–Crippen MR) is 88.6 cm³/mol. The fourth-order valence-electron chi connectivity index (χ4n) is 2.41. The number of fused-ring (bicyclic) bond motifs is 1. The van der Waals surface area contributed by atoms with Crippen LogP contribution >= 0.6 is 0 Å². The van der Waals surface area contributed by atoms with Crippen molar-refractivity contribution >= 4 is 27.3 Å². The summed E-state index contributed by atoms with van der Waals surface area (Å²) < 4.78 is 39.9. The highest BCUT2D eigenvalue weighted by Gasteiger charge is 2.33. The molecule has 6 nitrogen and oxygen atoms in total. The first-order valence-electron chi connectivity index (χ1n) is 7.37. The molecule has 1 amide bonds. The summed E-state index contributed by atoms with van der Waals surface area (Å²) in [7, 11) is -3.90. The van der Waals surface area contributed by atoms with Crippen molar-refractivity contribution in [2.45, 2.75) is 24.4 Å². The Morgan fingerprint density at radius 1 is 1.21 bits per heavy atom. The molecule has 0 fully saturated rings. The standard InChI is InChI=1S/C16H16FN3O3S/c1-2-10-3-6-12(7-4-10)18-16(21)15-19-13-9-11(17)5-8-14(13)24(22,23)20-15/h3-9,15,19-20H,2H2,1H3,(H,18,21)/t15-/m1/s1. The normalized spacial score (nSPS) is 18.3. The maximum Gasteiger partial charge on any atom is 0.262 e. The van der Waals surface area contributed by atoms with Crippen molar-refractivity contribution in [1.82, 2.24) is 4.72 Å². The molecule has 0 saturated carbocycles. The number of amides is 1. The molecule has 1 aliphatic rings. The predicted octanol–water partition coefficient (Wildman–Crippen LogP) is 2.06. The van der Waals surface area contributed by atoms with E-state index >= 15 is 0 Å². The molecule has 3 rings (SSSR count). The summed E-state index contributed by atoms with van der Waals surface area (Å²) in [4.78, 5) is 12.2. The van der Waals surface area contributed by atoms with Crippen LogP contribution in [0.15, 0.2) is 47.4 Å². The fourth-order valence-corrected chi connectivity index (χ4v) is 3.67.